The van der Waals surface area contributed by atoms with E-state index in [0.29, 0.717) is 21.5 Å². The summed E-state index contributed by atoms with van der Waals surface area (Å²) in [5.74, 6) is -0.578. The average molecular weight is 573 g/mol. The zero-order chi connectivity index (χ0) is 27.9. The van der Waals surface area contributed by atoms with Crippen LogP contribution in [0.4, 0.5) is 10.7 Å². The second-order valence-electron chi connectivity index (χ2n) is 8.77. The number of carbonyl (C=O) groups excluding carboxylic acids is 3. The van der Waals surface area contributed by atoms with E-state index in [1.165, 1.54) is 47.4 Å². The Hall–Kier alpha value is -3.78. The first-order valence-electron chi connectivity index (χ1n) is 12.4. The second kappa shape index (κ2) is 12.8. The lowest BCUT2D eigenvalue weighted by Gasteiger charge is -2.09. The number of non-ortho nitro benzene ring substituents is 1. The number of nitro benzene ring substituents is 1. The quantitative estimate of drug-likeness (QED) is 0.121. The summed E-state index contributed by atoms with van der Waals surface area (Å²) in [6.07, 6.45) is 4.86. The molecule has 0 bridgehead atoms. The molecule has 0 saturated carbocycles. The van der Waals surface area contributed by atoms with Crippen LogP contribution in [-0.2, 0) is 36.0 Å². The maximum Gasteiger partial charge on any atom is 0.341 e. The maximum absolute atomic E-state index is 12.8. The van der Waals surface area contributed by atoms with Gasteiger partial charge in [-0.05, 0) is 50.3 Å². The first-order valence-corrected chi connectivity index (χ1v) is 14.2. The predicted molar refractivity (Wildman–Crippen MR) is 146 cm³/mol. The molecule has 1 aliphatic carbocycles. The number of fused-ring (bicyclic) bond motifs is 1. The van der Waals surface area contributed by atoms with E-state index in [0.717, 1.165) is 42.5 Å². The number of ether oxygens (including phenoxy) is 1. The molecule has 2 N–H and O–H groups in total. The molecule has 0 atom stereocenters. The van der Waals surface area contributed by atoms with Crippen molar-refractivity contribution in [3.8, 4) is 0 Å². The zero-order valence-electron chi connectivity index (χ0n) is 21.5. The fraction of sp³-hybridized carbons (Fsp3) is 0.400. The van der Waals surface area contributed by atoms with Crippen LogP contribution >= 0.6 is 23.1 Å². The molecule has 2 amide bonds. The molecule has 4 rings (SSSR count). The van der Waals surface area contributed by atoms with Crippen LogP contribution < -0.4 is 10.6 Å². The lowest BCUT2D eigenvalue weighted by Crippen LogP contribution is -2.24. The number of hydrogen-bond donors (Lipinski definition) is 2. The van der Waals surface area contributed by atoms with Crippen molar-refractivity contribution in [2.75, 3.05) is 17.7 Å². The van der Waals surface area contributed by atoms with Gasteiger partial charge in [0.25, 0.3) is 11.6 Å². The van der Waals surface area contributed by atoms with Gasteiger partial charge in [0.05, 0.1) is 29.4 Å². The average Bonchev–Trinajstić information content (AvgIpc) is 3.35. The molecular formula is C25H28N6O6S2. The van der Waals surface area contributed by atoms with Gasteiger partial charge in [-0.1, -0.05) is 18.2 Å². The fourth-order valence-electron chi connectivity index (χ4n) is 4.16. The van der Waals surface area contributed by atoms with Gasteiger partial charge in [0, 0.05) is 29.6 Å². The number of esters is 1. The highest BCUT2D eigenvalue weighted by molar-refractivity contribution is 7.99. The molecule has 1 aromatic carbocycles. The number of carbonyl (C=O) groups is 3. The van der Waals surface area contributed by atoms with Crippen molar-refractivity contribution in [3.63, 3.8) is 0 Å². The standard InChI is InChI=1S/C25H28N6O6S2/c1-3-37-24(34)21-17-7-5-4-6-8-18(17)39-23(21)27-20(32)14-38-25-29-28-19(30(25)2)13-26-22(33)15-9-11-16(12-10-15)31(35)36/h9-12H,3-8,13-14H2,1-2H3,(H,26,33)(H,27,32). The van der Waals surface area contributed by atoms with Crippen molar-refractivity contribution < 1.29 is 24.0 Å². The molecular weight excluding hydrogens is 544 g/mol. The first-order chi connectivity index (χ1) is 18.8. The summed E-state index contributed by atoms with van der Waals surface area (Å²) in [5.41, 5.74) is 1.65. The van der Waals surface area contributed by atoms with Crippen molar-refractivity contribution in [1.82, 2.24) is 20.1 Å². The Morgan fingerprint density at radius 2 is 1.90 bits per heavy atom. The second-order valence-corrected chi connectivity index (χ2v) is 10.8. The van der Waals surface area contributed by atoms with E-state index in [-0.39, 0.29) is 36.1 Å². The maximum atomic E-state index is 12.8. The summed E-state index contributed by atoms with van der Waals surface area (Å²) in [6.45, 7) is 2.10. The van der Waals surface area contributed by atoms with Gasteiger partial charge in [0.15, 0.2) is 11.0 Å². The lowest BCUT2D eigenvalue weighted by molar-refractivity contribution is -0.384. The molecule has 14 heteroatoms. The third-order valence-corrected chi connectivity index (χ3v) is 8.39. The van der Waals surface area contributed by atoms with Gasteiger partial charge >= 0.3 is 5.97 Å². The number of amides is 2. The van der Waals surface area contributed by atoms with E-state index in [4.69, 9.17) is 4.74 Å². The van der Waals surface area contributed by atoms with Gasteiger partial charge in [-0.3, -0.25) is 19.7 Å². The van der Waals surface area contributed by atoms with Crippen molar-refractivity contribution in [2.45, 2.75) is 50.7 Å². The SMILES string of the molecule is CCOC(=O)c1c(NC(=O)CSc2nnc(CNC(=O)c3ccc([N+](=O)[O-])cc3)n2C)sc2c1CCCCC2. The third kappa shape index (κ3) is 6.81. The molecule has 206 valence electrons. The number of thiophene rings is 1. The minimum absolute atomic E-state index is 0.0476. The van der Waals surface area contributed by atoms with Gasteiger partial charge in [-0.15, -0.1) is 21.5 Å². The van der Waals surface area contributed by atoms with Gasteiger partial charge in [0.2, 0.25) is 5.91 Å². The van der Waals surface area contributed by atoms with Crippen LogP contribution in [0.1, 0.15) is 63.2 Å². The monoisotopic (exact) mass is 572 g/mol. The summed E-state index contributed by atoms with van der Waals surface area (Å²) in [5, 5.41) is 25.6. The molecule has 2 aromatic heterocycles. The normalized spacial score (nSPS) is 12.8. The molecule has 2 heterocycles. The minimum atomic E-state index is -0.533. The number of anilines is 1. The summed E-state index contributed by atoms with van der Waals surface area (Å²) >= 11 is 2.63. The van der Waals surface area contributed by atoms with Crippen LogP contribution in [0.25, 0.3) is 0 Å². The summed E-state index contributed by atoms with van der Waals surface area (Å²) in [4.78, 5) is 49.3. The summed E-state index contributed by atoms with van der Waals surface area (Å²) in [6, 6.07) is 5.28. The van der Waals surface area contributed by atoms with Gasteiger partial charge in [-0.2, -0.15) is 0 Å². The van der Waals surface area contributed by atoms with Crippen molar-refractivity contribution >= 4 is 51.6 Å². The molecule has 12 nitrogen and oxygen atoms in total. The molecule has 0 fully saturated rings. The highest BCUT2D eigenvalue weighted by Gasteiger charge is 2.26. The van der Waals surface area contributed by atoms with Crippen molar-refractivity contribution in [3.05, 3.63) is 61.8 Å². The first kappa shape index (κ1) is 28.2. The molecule has 0 saturated heterocycles. The van der Waals surface area contributed by atoms with Gasteiger partial charge < -0.3 is 19.9 Å². The Morgan fingerprint density at radius 3 is 2.62 bits per heavy atom. The smallest absolute Gasteiger partial charge is 0.341 e. The highest BCUT2D eigenvalue weighted by Crippen LogP contribution is 2.38. The number of benzene rings is 1. The van der Waals surface area contributed by atoms with E-state index in [2.05, 4.69) is 20.8 Å². The third-order valence-electron chi connectivity index (χ3n) is 6.16. The number of rotatable bonds is 10. The van der Waals surface area contributed by atoms with Crippen LogP contribution in [0.2, 0.25) is 0 Å². The zero-order valence-corrected chi connectivity index (χ0v) is 23.2. The van der Waals surface area contributed by atoms with Crippen LogP contribution in [0.3, 0.4) is 0 Å². The summed E-state index contributed by atoms with van der Waals surface area (Å²) < 4.78 is 6.95. The molecule has 3 aromatic rings. The van der Waals surface area contributed by atoms with E-state index in [1.54, 1.807) is 18.5 Å². The van der Waals surface area contributed by atoms with Crippen LogP contribution in [0.5, 0.6) is 0 Å². The van der Waals surface area contributed by atoms with E-state index in [1.807, 2.05) is 0 Å². The van der Waals surface area contributed by atoms with Gasteiger partial charge in [-0.25, -0.2) is 4.79 Å². The Balaban J connectivity index is 1.35. The number of aromatic nitrogens is 3. The largest absolute Gasteiger partial charge is 0.462 e. The fourth-order valence-corrected chi connectivity index (χ4v) is 6.19. The Kier molecular flexibility index (Phi) is 9.30. The number of aryl methyl sites for hydroxylation is 1. The Bertz CT molecular complexity index is 1380. The molecule has 0 radical (unpaired) electrons. The van der Waals surface area contributed by atoms with E-state index < -0.39 is 16.8 Å². The molecule has 39 heavy (non-hydrogen) atoms. The number of nitro groups is 1. The van der Waals surface area contributed by atoms with Crippen molar-refractivity contribution in [1.29, 1.82) is 0 Å². The van der Waals surface area contributed by atoms with E-state index in [9.17, 15) is 24.5 Å². The Morgan fingerprint density at radius 1 is 1.15 bits per heavy atom. The lowest BCUT2D eigenvalue weighted by atomic mass is 10.1. The Labute approximate surface area is 232 Å². The van der Waals surface area contributed by atoms with Crippen LogP contribution in [0.15, 0.2) is 29.4 Å². The topological polar surface area (TPSA) is 158 Å². The predicted octanol–water partition coefficient (Wildman–Crippen LogP) is 3.89. The van der Waals surface area contributed by atoms with E-state index >= 15 is 0 Å². The van der Waals surface area contributed by atoms with Gasteiger partial charge in [0.1, 0.15) is 5.00 Å². The minimum Gasteiger partial charge on any atom is -0.462 e. The number of thioether (sulfide) groups is 1. The molecule has 1 aliphatic rings. The van der Waals surface area contributed by atoms with Crippen LogP contribution in [0, 0.1) is 10.1 Å². The number of nitrogens with one attached hydrogen (secondary N) is 2. The van der Waals surface area contributed by atoms with Crippen LogP contribution in [-0.4, -0.2) is 49.8 Å². The summed E-state index contributed by atoms with van der Waals surface area (Å²) in [7, 11) is 1.72. The molecule has 0 unspecified atom stereocenters. The number of nitrogens with zero attached hydrogens (tertiary/aromatic N) is 4. The highest BCUT2D eigenvalue weighted by atomic mass is 32.2. The number of hydrogen-bond acceptors (Lipinski definition) is 10. The molecule has 0 aliphatic heterocycles. The molecule has 0 spiro atoms. The van der Waals surface area contributed by atoms with Crippen molar-refractivity contribution in [2.24, 2.45) is 7.05 Å².